The number of carboxylic acids is 1. The van der Waals surface area contributed by atoms with Crippen molar-refractivity contribution < 1.29 is 23.8 Å². The monoisotopic (exact) mass is 361 g/mol. The summed E-state index contributed by atoms with van der Waals surface area (Å²) in [5.74, 6) is -1.24. The van der Waals surface area contributed by atoms with Gasteiger partial charge in [-0.3, -0.25) is 4.79 Å². The van der Waals surface area contributed by atoms with E-state index in [9.17, 15) is 14.4 Å². The van der Waals surface area contributed by atoms with Crippen molar-refractivity contribution in [2.45, 2.75) is 52.7 Å². The SMILES string of the molecule is CCCC(NC(=O)C(C)Oc1ccc2c(C)c(C)c(=O)oc2c1)C(=O)O. The van der Waals surface area contributed by atoms with Gasteiger partial charge in [-0.15, -0.1) is 0 Å². The molecule has 0 saturated carbocycles. The highest BCUT2D eigenvalue weighted by molar-refractivity contribution is 5.86. The van der Waals surface area contributed by atoms with E-state index in [1.54, 1.807) is 25.1 Å². The molecule has 0 fully saturated rings. The second kappa shape index (κ2) is 8.03. The highest BCUT2D eigenvalue weighted by Crippen LogP contribution is 2.24. The van der Waals surface area contributed by atoms with Gasteiger partial charge in [0.15, 0.2) is 6.10 Å². The van der Waals surface area contributed by atoms with E-state index < -0.39 is 29.6 Å². The normalized spacial score (nSPS) is 13.2. The van der Waals surface area contributed by atoms with Gasteiger partial charge in [0.25, 0.3) is 5.91 Å². The molecule has 2 rings (SSSR count). The van der Waals surface area contributed by atoms with Crippen LogP contribution in [0.15, 0.2) is 27.4 Å². The smallest absolute Gasteiger partial charge is 0.339 e. The minimum Gasteiger partial charge on any atom is -0.481 e. The first-order chi connectivity index (χ1) is 12.2. The Kier molecular flexibility index (Phi) is 6.02. The Labute approximate surface area is 151 Å². The van der Waals surface area contributed by atoms with Crippen molar-refractivity contribution in [3.8, 4) is 5.75 Å². The van der Waals surface area contributed by atoms with Crippen LogP contribution < -0.4 is 15.7 Å². The van der Waals surface area contributed by atoms with Gasteiger partial charge in [-0.1, -0.05) is 13.3 Å². The van der Waals surface area contributed by atoms with E-state index in [0.717, 1.165) is 10.9 Å². The molecular formula is C19H23NO6. The summed E-state index contributed by atoms with van der Waals surface area (Å²) in [5, 5.41) is 12.4. The summed E-state index contributed by atoms with van der Waals surface area (Å²) < 4.78 is 10.9. The Bertz CT molecular complexity index is 885. The van der Waals surface area contributed by atoms with Crippen LogP contribution in [0.25, 0.3) is 11.0 Å². The van der Waals surface area contributed by atoms with Crippen molar-refractivity contribution in [2.75, 3.05) is 0 Å². The number of carbonyl (C=O) groups is 2. The molecule has 1 heterocycles. The summed E-state index contributed by atoms with van der Waals surface area (Å²) >= 11 is 0. The number of aryl methyl sites for hydroxylation is 1. The number of carbonyl (C=O) groups excluding carboxylic acids is 1. The first-order valence-corrected chi connectivity index (χ1v) is 8.48. The molecule has 1 amide bonds. The Morgan fingerprint density at radius 3 is 2.58 bits per heavy atom. The topological polar surface area (TPSA) is 106 Å². The first kappa shape index (κ1) is 19.5. The number of benzene rings is 1. The largest absolute Gasteiger partial charge is 0.481 e. The second-order valence-corrected chi connectivity index (χ2v) is 6.25. The zero-order valence-electron chi connectivity index (χ0n) is 15.3. The van der Waals surface area contributed by atoms with Crippen molar-refractivity contribution >= 4 is 22.8 Å². The molecule has 0 bridgehead atoms. The van der Waals surface area contributed by atoms with Crippen LogP contribution in [0.5, 0.6) is 5.75 Å². The van der Waals surface area contributed by atoms with Gasteiger partial charge in [0.2, 0.25) is 0 Å². The van der Waals surface area contributed by atoms with Crippen LogP contribution in [0.3, 0.4) is 0 Å². The van der Waals surface area contributed by atoms with Crippen LogP contribution in [-0.2, 0) is 9.59 Å². The lowest BCUT2D eigenvalue weighted by Crippen LogP contribution is -2.46. The molecule has 0 saturated heterocycles. The molecule has 2 unspecified atom stereocenters. The number of hydrogen-bond donors (Lipinski definition) is 2. The Balaban J connectivity index is 2.17. The van der Waals surface area contributed by atoms with E-state index in [2.05, 4.69) is 5.32 Å². The number of nitrogens with one attached hydrogen (secondary N) is 1. The van der Waals surface area contributed by atoms with E-state index in [4.69, 9.17) is 14.3 Å². The van der Waals surface area contributed by atoms with Gasteiger partial charge in [-0.05, 0) is 44.9 Å². The average Bonchev–Trinajstić information content (AvgIpc) is 2.59. The van der Waals surface area contributed by atoms with E-state index in [1.807, 2.05) is 13.8 Å². The van der Waals surface area contributed by atoms with E-state index in [0.29, 0.717) is 29.7 Å². The molecule has 0 spiro atoms. The minimum atomic E-state index is -1.08. The van der Waals surface area contributed by atoms with Crippen LogP contribution in [0.4, 0.5) is 0 Å². The van der Waals surface area contributed by atoms with Crippen molar-refractivity contribution in [2.24, 2.45) is 0 Å². The van der Waals surface area contributed by atoms with E-state index in [-0.39, 0.29) is 0 Å². The van der Waals surface area contributed by atoms with Gasteiger partial charge in [0.05, 0.1) is 0 Å². The van der Waals surface area contributed by atoms with Gasteiger partial charge in [-0.25, -0.2) is 9.59 Å². The lowest BCUT2D eigenvalue weighted by molar-refractivity contribution is -0.143. The molecule has 7 heteroatoms. The molecule has 0 aliphatic carbocycles. The van der Waals surface area contributed by atoms with E-state index >= 15 is 0 Å². The van der Waals surface area contributed by atoms with Gasteiger partial charge in [0.1, 0.15) is 17.4 Å². The number of fused-ring (bicyclic) bond motifs is 1. The standard InChI is InChI=1S/C19H23NO6/c1-5-6-15(18(22)23)20-17(21)12(4)25-13-7-8-14-10(2)11(3)19(24)26-16(14)9-13/h7-9,12,15H,5-6H2,1-4H3,(H,20,21)(H,22,23). The van der Waals surface area contributed by atoms with Crippen molar-refractivity contribution in [1.29, 1.82) is 0 Å². The highest BCUT2D eigenvalue weighted by atomic mass is 16.5. The molecule has 1 aromatic carbocycles. The van der Waals surface area contributed by atoms with Crippen LogP contribution in [-0.4, -0.2) is 29.1 Å². The zero-order valence-corrected chi connectivity index (χ0v) is 15.3. The van der Waals surface area contributed by atoms with E-state index in [1.165, 1.54) is 6.92 Å². The maximum absolute atomic E-state index is 12.2. The Morgan fingerprint density at radius 1 is 1.27 bits per heavy atom. The lowest BCUT2D eigenvalue weighted by atomic mass is 10.1. The zero-order chi connectivity index (χ0) is 19.4. The summed E-state index contributed by atoms with van der Waals surface area (Å²) in [7, 11) is 0. The van der Waals surface area contributed by atoms with Gasteiger partial charge in [-0.2, -0.15) is 0 Å². The van der Waals surface area contributed by atoms with Crippen molar-refractivity contribution in [1.82, 2.24) is 5.32 Å². The average molecular weight is 361 g/mol. The lowest BCUT2D eigenvalue weighted by Gasteiger charge is -2.18. The maximum Gasteiger partial charge on any atom is 0.339 e. The highest BCUT2D eigenvalue weighted by Gasteiger charge is 2.23. The molecule has 2 atom stereocenters. The molecule has 1 aromatic heterocycles. The summed E-state index contributed by atoms with van der Waals surface area (Å²) in [5.41, 5.74) is 1.34. The van der Waals surface area contributed by atoms with Gasteiger partial charge < -0.3 is 19.6 Å². The summed E-state index contributed by atoms with van der Waals surface area (Å²) in [4.78, 5) is 35.1. The predicted octanol–water partition coefficient (Wildman–Crippen LogP) is 2.55. The number of amides is 1. The quantitative estimate of drug-likeness (QED) is 0.734. The van der Waals surface area contributed by atoms with Gasteiger partial charge in [0, 0.05) is 17.0 Å². The number of aliphatic carboxylic acids is 1. The van der Waals surface area contributed by atoms with Gasteiger partial charge >= 0.3 is 11.6 Å². The molecular weight excluding hydrogens is 338 g/mol. The van der Waals surface area contributed by atoms with Crippen molar-refractivity contribution in [3.05, 3.63) is 39.7 Å². The molecule has 0 aliphatic heterocycles. The second-order valence-electron chi connectivity index (χ2n) is 6.25. The molecule has 7 nitrogen and oxygen atoms in total. The fraction of sp³-hybridized carbons (Fsp3) is 0.421. The minimum absolute atomic E-state index is 0.341. The van der Waals surface area contributed by atoms with Crippen LogP contribution in [0, 0.1) is 13.8 Å². The van der Waals surface area contributed by atoms with Crippen LogP contribution in [0.1, 0.15) is 37.8 Å². The predicted molar refractivity (Wildman–Crippen MR) is 96.5 cm³/mol. The third-order valence-corrected chi connectivity index (χ3v) is 4.30. The molecule has 0 aliphatic rings. The molecule has 2 aromatic rings. The van der Waals surface area contributed by atoms with Crippen LogP contribution >= 0.6 is 0 Å². The number of ether oxygens (including phenoxy) is 1. The summed E-state index contributed by atoms with van der Waals surface area (Å²) in [6.07, 6.45) is 0.0760. The molecule has 140 valence electrons. The van der Waals surface area contributed by atoms with Crippen LogP contribution in [0.2, 0.25) is 0 Å². The number of rotatable bonds is 7. The maximum atomic E-state index is 12.2. The molecule has 2 N–H and O–H groups in total. The third-order valence-electron chi connectivity index (χ3n) is 4.30. The fourth-order valence-corrected chi connectivity index (χ4v) is 2.59. The number of carboxylic acid groups (broad SMARTS) is 1. The summed E-state index contributed by atoms with van der Waals surface area (Å²) in [6, 6.07) is 4.05. The third kappa shape index (κ3) is 4.22. The fourth-order valence-electron chi connectivity index (χ4n) is 2.59. The Hall–Kier alpha value is -2.83. The summed E-state index contributed by atoms with van der Waals surface area (Å²) in [6.45, 7) is 6.91. The first-order valence-electron chi connectivity index (χ1n) is 8.48. The Morgan fingerprint density at radius 2 is 1.96 bits per heavy atom. The number of hydrogen-bond acceptors (Lipinski definition) is 5. The van der Waals surface area contributed by atoms with Crippen molar-refractivity contribution in [3.63, 3.8) is 0 Å². The molecule has 26 heavy (non-hydrogen) atoms. The molecule has 0 radical (unpaired) electrons.